The first-order valence-corrected chi connectivity index (χ1v) is 6.72. The van der Waals surface area contributed by atoms with Gasteiger partial charge in [0.1, 0.15) is 5.82 Å². The molecule has 0 saturated carbocycles. The van der Waals surface area contributed by atoms with Crippen molar-refractivity contribution in [2.24, 2.45) is 7.05 Å². The number of rotatable bonds is 5. The largest absolute Gasteiger partial charge is 0.338 e. The van der Waals surface area contributed by atoms with E-state index in [1.807, 2.05) is 26.5 Å². The minimum absolute atomic E-state index is 0.335. The summed E-state index contributed by atoms with van der Waals surface area (Å²) in [5.41, 5.74) is 3.66. The lowest BCUT2D eigenvalue weighted by Crippen LogP contribution is -2.14. The van der Waals surface area contributed by atoms with E-state index in [9.17, 15) is 0 Å². The first-order valence-electron chi connectivity index (χ1n) is 6.72. The molecule has 0 radical (unpaired) electrons. The summed E-state index contributed by atoms with van der Waals surface area (Å²) >= 11 is 0. The van der Waals surface area contributed by atoms with Crippen molar-refractivity contribution in [1.29, 1.82) is 0 Å². The second kappa shape index (κ2) is 5.57. The van der Waals surface area contributed by atoms with Crippen molar-refractivity contribution in [3.63, 3.8) is 0 Å². The molecule has 1 N–H and O–H groups in total. The second-order valence-electron chi connectivity index (χ2n) is 5.02. The van der Waals surface area contributed by atoms with Crippen LogP contribution in [0.15, 0.2) is 12.4 Å². The van der Waals surface area contributed by atoms with Gasteiger partial charge in [-0.2, -0.15) is 5.10 Å². The van der Waals surface area contributed by atoms with Gasteiger partial charge in [0.25, 0.3) is 0 Å². The number of nitrogens with zero attached hydrogens (tertiary/aromatic N) is 4. The third kappa shape index (κ3) is 2.71. The van der Waals surface area contributed by atoms with Crippen LogP contribution in [0, 0.1) is 13.8 Å². The second-order valence-corrected chi connectivity index (χ2v) is 5.02. The van der Waals surface area contributed by atoms with E-state index in [0.717, 1.165) is 24.5 Å². The summed E-state index contributed by atoms with van der Waals surface area (Å²) in [6, 6.07) is 0.335. The number of aromatic nitrogens is 4. The molecule has 2 aromatic rings. The molecule has 1 atom stereocenters. The van der Waals surface area contributed by atoms with Crippen LogP contribution in [0.1, 0.15) is 35.7 Å². The topological polar surface area (TPSA) is 47.7 Å². The van der Waals surface area contributed by atoms with Crippen LogP contribution in [0.2, 0.25) is 0 Å². The Morgan fingerprint density at radius 3 is 2.68 bits per heavy atom. The zero-order chi connectivity index (χ0) is 14.0. The zero-order valence-electron chi connectivity index (χ0n) is 12.4. The minimum atomic E-state index is 0.335. The molecule has 0 spiro atoms. The van der Waals surface area contributed by atoms with Crippen LogP contribution in [0.5, 0.6) is 0 Å². The minimum Gasteiger partial charge on any atom is -0.338 e. The zero-order valence-corrected chi connectivity index (χ0v) is 12.4. The Bertz CT molecular complexity index is 552. The van der Waals surface area contributed by atoms with Gasteiger partial charge in [-0.05, 0) is 27.8 Å². The molecular formula is C14H23N5. The SMILES string of the molecule is CNC(C)c1c(C)nn(CCc2nccn2C)c1C. The Morgan fingerprint density at radius 1 is 1.37 bits per heavy atom. The van der Waals surface area contributed by atoms with Gasteiger partial charge in [-0.3, -0.25) is 4.68 Å². The van der Waals surface area contributed by atoms with Crippen molar-refractivity contribution < 1.29 is 0 Å². The van der Waals surface area contributed by atoms with Crippen molar-refractivity contribution >= 4 is 0 Å². The first kappa shape index (κ1) is 13.8. The highest BCUT2D eigenvalue weighted by Gasteiger charge is 2.16. The Morgan fingerprint density at radius 2 is 2.11 bits per heavy atom. The van der Waals surface area contributed by atoms with Crippen molar-refractivity contribution in [3.8, 4) is 0 Å². The standard InChI is InChI=1S/C14H23N5/c1-10(15-4)14-11(2)17-19(12(14)3)8-6-13-16-7-9-18(13)5/h7,9-10,15H,6,8H2,1-5H3. The van der Waals surface area contributed by atoms with E-state index < -0.39 is 0 Å². The monoisotopic (exact) mass is 261 g/mol. The van der Waals surface area contributed by atoms with Crippen LogP contribution in [-0.2, 0) is 20.0 Å². The average molecular weight is 261 g/mol. The van der Waals surface area contributed by atoms with E-state index in [1.54, 1.807) is 0 Å². The van der Waals surface area contributed by atoms with Crippen LogP contribution in [0.25, 0.3) is 0 Å². The normalized spacial score (nSPS) is 12.9. The van der Waals surface area contributed by atoms with Gasteiger partial charge in [-0.15, -0.1) is 0 Å². The van der Waals surface area contributed by atoms with E-state index >= 15 is 0 Å². The molecule has 19 heavy (non-hydrogen) atoms. The fourth-order valence-corrected chi connectivity index (χ4v) is 2.54. The highest BCUT2D eigenvalue weighted by atomic mass is 15.3. The van der Waals surface area contributed by atoms with Crippen LogP contribution in [0.4, 0.5) is 0 Å². The molecule has 0 fully saturated rings. The summed E-state index contributed by atoms with van der Waals surface area (Å²) in [5, 5.41) is 7.93. The molecule has 0 aliphatic rings. The van der Waals surface area contributed by atoms with Crippen molar-refractivity contribution in [1.82, 2.24) is 24.6 Å². The van der Waals surface area contributed by atoms with Gasteiger partial charge in [-0.25, -0.2) is 4.98 Å². The molecule has 2 rings (SSSR count). The van der Waals surface area contributed by atoms with E-state index in [-0.39, 0.29) is 0 Å². The summed E-state index contributed by atoms with van der Waals surface area (Å²) in [6.07, 6.45) is 4.72. The summed E-state index contributed by atoms with van der Waals surface area (Å²) in [4.78, 5) is 4.35. The van der Waals surface area contributed by atoms with Crippen molar-refractivity contribution in [3.05, 3.63) is 35.2 Å². The summed E-state index contributed by atoms with van der Waals surface area (Å²) in [5.74, 6) is 1.09. The predicted molar refractivity (Wildman–Crippen MR) is 76.1 cm³/mol. The highest BCUT2D eigenvalue weighted by Crippen LogP contribution is 2.21. The van der Waals surface area contributed by atoms with Crippen molar-refractivity contribution in [2.45, 2.75) is 39.8 Å². The average Bonchev–Trinajstić information content (AvgIpc) is 2.90. The van der Waals surface area contributed by atoms with Crippen LogP contribution in [0.3, 0.4) is 0 Å². The molecule has 2 aromatic heterocycles. The molecule has 104 valence electrons. The molecule has 2 heterocycles. The third-order valence-electron chi connectivity index (χ3n) is 3.77. The van der Waals surface area contributed by atoms with Gasteiger partial charge in [-0.1, -0.05) is 0 Å². The number of aryl methyl sites for hydroxylation is 4. The fraction of sp³-hybridized carbons (Fsp3) is 0.571. The summed E-state index contributed by atoms with van der Waals surface area (Å²) in [6.45, 7) is 7.25. The number of hydrogen-bond acceptors (Lipinski definition) is 3. The lowest BCUT2D eigenvalue weighted by molar-refractivity contribution is 0.569. The molecule has 0 aromatic carbocycles. The number of nitrogens with one attached hydrogen (secondary N) is 1. The van der Waals surface area contributed by atoms with Crippen LogP contribution in [-0.4, -0.2) is 26.4 Å². The molecule has 5 heteroatoms. The first-order chi connectivity index (χ1) is 9.04. The Kier molecular flexibility index (Phi) is 4.04. The van der Waals surface area contributed by atoms with E-state index in [4.69, 9.17) is 0 Å². The third-order valence-corrected chi connectivity index (χ3v) is 3.77. The molecule has 0 aliphatic carbocycles. The predicted octanol–water partition coefficient (Wildman–Crippen LogP) is 1.76. The molecule has 0 amide bonds. The van der Waals surface area contributed by atoms with Crippen LogP contribution < -0.4 is 5.32 Å². The molecule has 1 unspecified atom stereocenters. The van der Waals surface area contributed by atoms with E-state index in [0.29, 0.717) is 6.04 Å². The highest BCUT2D eigenvalue weighted by molar-refractivity contribution is 5.27. The maximum Gasteiger partial charge on any atom is 0.110 e. The molecule has 5 nitrogen and oxygen atoms in total. The lowest BCUT2D eigenvalue weighted by Gasteiger charge is -2.11. The Hall–Kier alpha value is -1.62. The molecule has 0 bridgehead atoms. The van der Waals surface area contributed by atoms with Gasteiger partial charge in [0.15, 0.2) is 0 Å². The van der Waals surface area contributed by atoms with E-state index in [1.165, 1.54) is 11.3 Å². The Labute approximate surface area is 114 Å². The van der Waals surface area contributed by atoms with Crippen LogP contribution >= 0.6 is 0 Å². The van der Waals surface area contributed by atoms with Gasteiger partial charge < -0.3 is 9.88 Å². The van der Waals surface area contributed by atoms with Gasteiger partial charge in [0.05, 0.1) is 5.69 Å². The smallest absolute Gasteiger partial charge is 0.110 e. The Balaban J connectivity index is 2.16. The van der Waals surface area contributed by atoms with Crippen molar-refractivity contribution in [2.75, 3.05) is 7.05 Å². The van der Waals surface area contributed by atoms with Gasteiger partial charge in [0.2, 0.25) is 0 Å². The van der Waals surface area contributed by atoms with E-state index in [2.05, 4.69) is 45.4 Å². The molecular weight excluding hydrogens is 238 g/mol. The number of hydrogen-bond donors (Lipinski definition) is 1. The number of imidazole rings is 1. The molecule has 0 saturated heterocycles. The van der Waals surface area contributed by atoms with Gasteiger partial charge >= 0.3 is 0 Å². The lowest BCUT2D eigenvalue weighted by atomic mass is 10.1. The maximum absolute atomic E-state index is 4.65. The maximum atomic E-state index is 4.65. The molecule has 0 aliphatic heterocycles. The summed E-state index contributed by atoms with van der Waals surface area (Å²) < 4.78 is 4.15. The summed E-state index contributed by atoms with van der Waals surface area (Å²) in [7, 11) is 4.01. The fourth-order valence-electron chi connectivity index (χ4n) is 2.54. The van der Waals surface area contributed by atoms with Gasteiger partial charge in [0, 0.05) is 49.7 Å². The quantitative estimate of drug-likeness (QED) is 0.892.